The second-order valence-corrected chi connectivity index (χ2v) is 4.00. The maximum absolute atomic E-state index is 11.0. The molecule has 1 aromatic carbocycles. The summed E-state index contributed by atoms with van der Waals surface area (Å²) in [5, 5.41) is 9.31. The summed E-state index contributed by atoms with van der Waals surface area (Å²) in [5.41, 5.74) is 5.89. The van der Waals surface area contributed by atoms with E-state index in [1.807, 2.05) is 0 Å². The summed E-state index contributed by atoms with van der Waals surface area (Å²) in [6, 6.07) is 3.27. The van der Waals surface area contributed by atoms with Crippen LogP contribution in [0.5, 0.6) is 11.5 Å². The minimum atomic E-state index is -1.01. The Morgan fingerprint density at radius 2 is 2.18 bits per heavy atom. The smallest absolute Gasteiger partial charge is 0.312 e. The van der Waals surface area contributed by atoms with Crippen LogP contribution in [0, 0.1) is 0 Å². The molecule has 3 N–H and O–H groups in total. The van der Waals surface area contributed by atoms with E-state index < -0.39 is 11.9 Å². The number of hydrogen-bond acceptors (Lipinski definition) is 4. The summed E-state index contributed by atoms with van der Waals surface area (Å²) in [6.45, 7) is 0.840. The lowest BCUT2D eigenvalue weighted by Gasteiger charge is -2.22. The molecule has 0 saturated heterocycles. The summed E-state index contributed by atoms with van der Waals surface area (Å²) in [4.78, 5) is 11.0. The zero-order valence-corrected chi connectivity index (χ0v) is 9.74. The van der Waals surface area contributed by atoms with Crippen molar-refractivity contribution in [1.29, 1.82) is 0 Å². The van der Waals surface area contributed by atoms with E-state index in [-0.39, 0.29) is 11.6 Å². The van der Waals surface area contributed by atoms with E-state index in [0.717, 1.165) is 0 Å². The van der Waals surface area contributed by atoms with Crippen molar-refractivity contribution in [3.05, 3.63) is 22.7 Å². The number of hydrogen-bond donors (Lipinski definition) is 2. The molecule has 17 heavy (non-hydrogen) atoms. The lowest BCUT2D eigenvalue weighted by molar-refractivity contribution is -0.138. The Balaban J connectivity index is 2.45. The zero-order chi connectivity index (χ0) is 12.4. The van der Waals surface area contributed by atoms with Gasteiger partial charge in [0.15, 0.2) is 11.5 Å². The molecule has 1 aliphatic heterocycles. The predicted octanol–water partition coefficient (Wildman–Crippen LogP) is 1.24. The number of fused-ring (bicyclic) bond motifs is 1. The van der Waals surface area contributed by atoms with Gasteiger partial charge in [0.05, 0.1) is 10.9 Å². The van der Waals surface area contributed by atoms with Crippen LogP contribution in [0.1, 0.15) is 11.5 Å². The molecule has 1 atom stereocenters. The quantitative estimate of drug-likeness (QED) is 0.851. The first kappa shape index (κ1) is 12.0. The van der Waals surface area contributed by atoms with Crippen molar-refractivity contribution in [2.24, 2.45) is 5.73 Å². The zero-order valence-electron chi connectivity index (χ0n) is 8.98. The fraction of sp³-hybridized carbons (Fsp3) is 0.364. The largest absolute Gasteiger partial charge is 0.486 e. The molecule has 0 amide bonds. The SMILES string of the molecule is NCC(C(=O)O)c1ccc2c(c1Cl)OCCO2. The van der Waals surface area contributed by atoms with Crippen LogP contribution in [0.15, 0.2) is 12.1 Å². The molecule has 1 heterocycles. The van der Waals surface area contributed by atoms with Crippen LogP contribution in [0.2, 0.25) is 5.02 Å². The minimum Gasteiger partial charge on any atom is -0.486 e. The van der Waals surface area contributed by atoms with Crippen LogP contribution in [-0.2, 0) is 4.79 Å². The van der Waals surface area contributed by atoms with Gasteiger partial charge < -0.3 is 20.3 Å². The molecule has 0 aliphatic carbocycles. The molecule has 6 heteroatoms. The number of carbonyl (C=O) groups is 1. The van der Waals surface area contributed by atoms with Gasteiger partial charge in [0, 0.05) is 6.54 Å². The van der Waals surface area contributed by atoms with Crippen LogP contribution in [-0.4, -0.2) is 30.8 Å². The van der Waals surface area contributed by atoms with Crippen LogP contribution in [0.25, 0.3) is 0 Å². The monoisotopic (exact) mass is 257 g/mol. The molecule has 0 aromatic heterocycles. The first-order valence-corrected chi connectivity index (χ1v) is 5.53. The van der Waals surface area contributed by atoms with E-state index in [1.54, 1.807) is 12.1 Å². The van der Waals surface area contributed by atoms with Crippen LogP contribution in [0.3, 0.4) is 0 Å². The van der Waals surface area contributed by atoms with Crippen molar-refractivity contribution < 1.29 is 19.4 Å². The summed E-state index contributed by atoms with van der Waals surface area (Å²) in [6.07, 6.45) is 0. The van der Waals surface area contributed by atoms with Gasteiger partial charge in [0.25, 0.3) is 0 Å². The van der Waals surface area contributed by atoms with Crippen molar-refractivity contribution in [3.63, 3.8) is 0 Å². The topological polar surface area (TPSA) is 81.8 Å². The molecule has 0 saturated carbocycles. The Morgan fingerprint density at radius 1 is 1.47 bits per heavy atom. The number of carboxylic acids is 1. The second kappa shape index (κ2) is 4.81. The molecule has 92 valence electrons. The van der Waals surface area contributed by atoms with Crippen molar-refractivity contribution in [2.75, 3.05) is 19.8 Å². The second-order valence-electron chi connectivity index (χ2n) is 3.62. The summed E-state index contributed by atoms with van der Waals surface area (Å²) >= 11 is 6.12. The molecule has 1 aromatic rings. The van der Waals surface area contributed by atoms with Gasteiger partial charge in [-0.2, -0.15) is 0 Å². The number of rotatable bonds is 3. The summed E-state index contributed by atoms with van der Waals surface area (Å²) < 4.78 is 10.7. The number of ether oxygens (including phenoxy) is 2. The van der Waals surface area contributed by atoms with Crippen LogP contribution >= 0.6 is 11.6 Å². The third kappa shape index (κ3) is 2.16. The maximum atomic E-state index is 11.0. The third-order valence-corrected chi connectivity index (χ3v) is 2.98. The number of benzene rings is 1. The lowest BCUT2D eigenvalue weighted by Crippen LogP contribution is -2.22. The Hall–Kier alpha value is -1.46. The summed E-state index contributed by atoms with van der Waals surface area (Å²) in [5.74, 6) is -0.911. The van der Waals surface area contributed by atoms with Gasteiger partial charge in [-0.25, -0.2) is 0 Å². The van der Waals surface area contributed by atoms with E-state index >= 15 is 0 Å². The van der Waals surface area contributed by atoms with E-state index in [0.29, 0.717) is 30.3 Å². The Labute approximate surface area is 103 Å². The number of halogens is 1. The Morgan fingerprint density at radius 3 is 2.82 bits per heavy atom. The van der Waals surface area contributed by atoms with Crippen molar-refractivity contribution in [1.82, 2.24) is 0 Å². The van der Waals surface area contributed by atoms with E-state index in [9.17, 15) is 4.79 Å². The number of nitrogens with two attached hydrogens (primary N) is 1. The summed E-state index contributed by atoms with van der Waals surface area (Å²) in [7, 11) is 0. The van der Waals surface area contributed by atoms with Gasteiger partial charge in [-0.3, -0.25) is 4.79 Å². The van der Waals surface area contributed by atoms with Gasteiger partial charge in [-0.1, -0.05) is 17.7 Å². The van der Waals surface area contributed by atoms with Crippen molar-refractivity contribution in [2.45, 2.75) is 5.92 Å². The third-order valence-electron chi connectivity index (χ3n) is 2.59. The number of carboxylic acid groups (broad SMARTS) is 1. The van der Waals surface area contributed by atoms with Crippen LogP contribution < -0.4 is 15.2 Å². The highest BCUT2D eigenvalue weighted by atomic mass is 35.5. The van der Waals surface area contributed by atoms with Gasteiger partial charge in [-0.15, -0.1) is 0 Å². The highest BCUT2D eigenvalue weighted by molar-refractivity contribution is 6.33. The van der Waals surface area contributed by atoms with E-state index in [4.69, 9.17) is 31.9 Å². The van der Waals surface area contributed by atoms with Gasteiger partial charge in [0.2, 0.25) is 0 Å². The molecule has 0 spiro atoms. The minimum absolute atomic E-state index is 0.0191. The molecule has 5 nitrogen and oxygen atoms in total. The van der Waals surface area contributed by atoms with Gasteiger partial charge >= 0.3 is 5.97 Å². The van der Waals surface area contributed by atoms with E-state index in [2.05, 4.69) is 0 Å². The molecule has 0 fully saturated rings. The fourth-order valence-electron chi connectivity index (χ4n) is 1.73. The highest BCUT2D eigenvalue weighted by Crippen LogP contribution is 2.41. The number of aliphatic carboxylic acids is 1. The molecule has 1 unspecified atom stereocenters. The first-order chi connectivity index (χ1) is 8.15. The molecular formula is C11H12ClNO4. The van der Waals surface area contributed by atoms with Crippen molar-refractivity contribution >= 4 is 17.6 Å². The maximum Gasteiger partial charge on any atom is 0.312 e. The van der Waals surface area contributed by atoms with Gasteiger partial charge in [-0.05, 0) is 11.6 Å². The first-order valence-electron chi connectivity index (χ1n) is 5.16. The average Bonchev–Trinajstić information content (AvgIpc) is 2.33. The Bertz CT molecular complexity index is 449. The molecule has 0 bridgehead atoms. The molecule has 1 aliphatic rings. The predicted molar refractivity (Wildman–Crippen MR) is 61.9 cm³/mol. The van der Waals surface area contributed by atoms with Crippen LogP contribution in [0.4, 0.5) is 0 Å². The normalized spacial score (nSPS) is 15.4. The Kier molecular flexibility index (Phi) is 3.40. The standard InChI is InChI=1S/C11H12ClNO4/c12-9-6(7(5-13)11(14)15)1-2-8-10(9)17-4-3-16-8/h1-2,7H,3-5,13H2,(H,14,15). The van der Waals surface area contributed by atoms with E-state index in [1.165, 1.54) is 0 Å². The van der Waals surface area contributed by atoms with Gasteiger partial charge in [0.1, 0.15) is 13.2 Å². The molecule has 2 rings (SSSR count). The highest BCUT2D eigenvalue weighted by Gasteiger charge is 2.25. The average molecular weight is 258 g/mol. The molecule has 0 radical (unpaired) electrons. The fourth-order valence-corrected chi connectivity index (χ4v) is 2.07. The lowest BCUT2D eigenvalue weighted by atomic mass is 9.98. The molecular weight excluding hydrogens is 246 g/mol. The van der Waals surface area contributed by atoms with Crippen molar-refractivity contribution in [3.8, 4) is 11.5 Å².